The predicted molar refractivity (Wildman–Crippen MR) is 170 cm³/mol. The molecule has 1 aliphatic carbocycles. The van der Waals surface area contributed by atoms with Crippen LogP contribution in [0, 0.1) is 0 Å². The number of rotatable bonds is 27. The van der Waals surface area contributed by atoms with Crippen molar-refractivity contribution in [2.75, 3.05) is 112 Å². The van der Waals surface area contributed by atoms with Gasteiger partial charge in [-0.25, -0.2) is 9.59 Å². The second-order valence-electron chi connectivity index (χ2n) is 9.91. The second kappa shape index (κ2) is 23.9. The lowest BCUT2D eigenvalue weighted by Gasteiger charge is -2.14. The quantitative estimate of drug-likeness (QED) is 0.0873. The van der Waals surface area contributed by atoms with Gasteiger partial charge in [-0.15, -0.1) is 0 Å². The van der Waals surface area contributed by atoms with Crippen LogP contribution in [-0.4, -0.2) is 124 Å². The van der Waals surface area contributed by atoms with Gasteiger partial charge in [-0.2, -0.15) is 0 Å². The van der Waals surface area contributed by atoms with Crippen molar-refractivity contribution < 1.29 is 52.2 Å². The maximum absolute atomic E-state index is 12.2. The van der Waals surface area contributed by atoms with Gasteiger partial charge in [0.15, 0.2) is 0 Å². The Balaban J connectivity index is 1.01. The number of carbonyl (C=O) groups excluding carboxylic acids is 2. The van der Waals surface area contributed by atoms with Gasteiger partial charge in [-0.1, -0.05) is 55.1 Å². The summed E-state index contributed by atoms with van der Waals surface area (Å²) in [6.07, 6.45) is 0.655. The van der Waals surface area contributed by atoms with E-state index in [1.54, 1.807) is 0 Å². The maximum Gasteiger partial charge on any atom is 0.407 e. The molecule has 12 nitrogen and oxygen atoms in total. The Labute approximate surface area is 271 Å². The van der Waals surface area contributed by atoms with E-state index in [9.17, 15) is 9.59 Å². The Morgan fingerprint density at radius 2 is 0.957 bits per heavy atom. The first kappa shape index (κ1) is 37.1. The molecule has 0 unspecified atom stereocenters. The zero-order valence-corrected chi connectivity index (χ0v) is 26.5. The van der Waals surface area contributed by atoms with E-state index in [2.05, 4.69) is 36.2 Å². The molecule has 0 spiro atoms. The average molecular weight is 646 g/mol. The molecule has 1 aliphatic rings. The van der Waals surface area contributed by atoms with E-state index in [0.29, 0.717) is 99.0 Å². The summed E-state index contributed by atoms with van der Waals surface area (Å²) in [5.41, 5.74) is 4.76. The van der Waals surface area contributed by atoms with E-state index in [1.165, 1.54) is 22.3 Å². The number of alkyl carbamates (subject to hydrolysis) is 1. The smallest absolute Gasteiger partial charge is 0.407 e. The van der Waals surface area contributed by atoms with Gasteiger partial charge in [-0.3, -0.25) is 0 Å². The fraction of sp³-hybridized carbons (Fsp3) is 0.529. The number of ether oxygens (including phenoxy) is 9. The number of carbonyl (C=O) groups is 2. The highest BCUT2D eigenvalue weighted by molar-refractivity contribution is 5.81. The molecule has 0 bridgehead atoms. The van der Waals surface area contributed by atoms with E-state index < -0.39 is 12.1 Å². The van der Waals surface area contributed by atoms with E-state index in [4.69, 9.17) is 42.6 Å². The van der Waals surface area contributed by atoms with Crippen LogP contribution in [0.4, 0.5) is 4.79 Å². The second-order valence-corrected chi connectivity index (χ2v) is 9.91. The van der Waals surface area contributed by atoms with Crippen molar-refractivity contribution in [3.8, 4) is 11.1 Å². The van der Waals surface area contributed by atoms with Crippen LogP contribution in [-0.2, 0) is 47.4 Å². The van der Waals surface area contributed by atoms with Gasteiger partial charge >= 0.3 is 12.1 Å². The average Bonchev–Trinajstić information content (AvgIpc) is 3.40. The molecule has 2 aromatic rings. The fourth-order valence-corrected chi connectivity index (χ4v) is 4.56. The first-order chi connectivity index (χ1) is 22.7. The van der Waals surface area contributed by atoms with Crippen LogP contribution in [0.3, 0.4) is 0 Å². The lowest BCUT2D eigenvalue weighted by atomic mass is 9.98. The molecular formula is C34H47NO11. The van der Waals surface area contributed by atoms with Gasteiger partial charge < -0.3 is 47.9 Å². The van der Waals surface area contributed by atoms with Gasteiger partial charge in [0.25, 0.3) is 0 Å². The highest BCUT2D eigenvalue weighted by Gasteiger charge is 2.28. The standard InChI is InChI=1S/C34H47NO11/c1-2-33(36)45-26-25-44-24-23-43-22-21-42-20-19-41-18-17-40-16-15-39-14-13-38-12-11-35-34(37)46-27-32-30-9-5-3-7-28(30)29-8-4-6-10-31(29)32/h2-10,32H,1,11-27H2,(H,35,37). The van der Waals surface area contributed by atoms with Crippen LogP contribution in [0.2, 0.25) is 0 Å². The minimum atomic E-state index is -0.463. The molecule has 2 aromatic carbocycles. The van der Waals surface area contributed by atoms with Crippen molar-refractivity contribution in [2.45, 2.75) is 5.92 Å². The number of nitrogens with one attached hydrogen (secondary N) is 1. The van der Waals surface area contributed by atoms with Crippen LogP contribution in [0.5, 0.6) is 0 Å². The van der Waals surface area contributed by atoms with Crippen LogP contribution in [0.1, 0.15) is 17.0 Å². The Bertz CT molecular complexity index is 1100. The largest absolute Gasteiger partial charge is 0.460 e. The van der Waals surface area contributed by atoms with Crippen molar-refractivity contribution in [2.24, 2.45) is 0 Å². The summed E-state index contributed by atoms with van der Waals surface area (Å²) < 4.78 is 48.3. The molecule has 0 aromatic heterocycles. The third-order valence-electron chi connectivity index (χ3n) is 6.73. The third-order valence-corrected chi connectivity index (χ3v) is 6.73. The highest BCUT2D eigenvalue weighted by Crippen LogP contribution is 2.44. The number of amides is 1. The molecule has 0 saturated heterocycles. The molecule has 0 fully saturated rings. The number of hydrogen-bond donors (Lipinski definition) is 1. The lowest BCUT2D eigenvalue weighted by molar-refractivity contribution is -0.139. The van der Waals surface area contributed by atoms with Crippen molar-refractivity contribution in [3.05, 3.63) is 72.3 Å². The SMILES string of the molecule is C=CC(=O)OCCOCCOCCOCCOCCOCCOCCOCCNC(=O)OCC1c2ccccc2-c2ccccc21. The zero-order chi connectivity index (χ0) is 32.5. The van der Waals surface area contributed by atoms with Crippen LogP contribution >= 0.6 is 0 Å². The minimum Gasteiger partial charge on any atom is -0.460 e. The van der Waals surface area contributed by atoms with Crippen LogP contribution in [0.15, 0.2) is 61.2 Å². The Morgan fingerprint density at radius 3 is 1.39 bits per heavy atom. The first-order valence-electron chi connectivity index (χ1n) is 15.6. The molecular weight excluding hydrogens is 598 g/mol. The predicted octanol–water partition coefficient (Wildman–Crippen LogP) is 3.37. The zero-order valence-electron chi connectivity index (χ0n) is 26.5. The summed E-state index contributed by atoms with van der Waals surface area (Å²) in [7, 11) is 0. The minimum absolute atomic E-state index is 0.0357. The van der Waals surface area contributed by atoms with Crippen molar-refractivity contribution >= 4 is 12.1 Å². The summed E-state index contributed by atoms with van der Waals surface area (Å²) in [6.45, 7) is 10.3. The van der Waals surface area contributed by atoms with E-state index in [0.717, 1.165) is 6.08 Å². The monoisotopic (exact) mass is 645 g/mol. The third kappa shape index (κ3) is 14.8. The van der Waals surface area contributed by atoms with Gasteiger partial charge in [0.2, 0.25) is 0 Å². The number of esters is 1. The van der Waals surface area contributed by atoms with Crippen LogP contribution < -0.4 is 5.32 Å². The molecule has 3 rings (SSSR count). The van der Waals surface area contributed by atoms with E-state index >= 15 is 0 Å². The normalized spacial score (nSPS) is 12.0. The van der Waals surface area contributed by atoms with Crippen molar-refractivity contribution in [3.63, 3.8) is 0 Å². The molecule has 1 amide bonds. The van der Waals surface area contributed by atoms with Crippen molar-refractivity contribution in [1.29, 1.82) is 0 Å². The fourth-order valence-electron chi connectivity index (χ4n) is 4.56. The summed E-state index contributed by atoms with van der Waals surface area (Å²) in [6, 6.07) is 16.5. The molecule has 1 N–H and O–H groups in total. The number of fused-ring (bicyclic) bond motifs is 3. The highest BCUT2D eigenvalue weighted by atomic mass is 16.6. The van der Waals surface area contributed by atoms with E-state index in [1.807, 2.05) is 24.3 Å². The lowest BCUT2D eigenvalue weighted by Crippen LogP contribution is -2.29. The topological polar surface area (TPSA) is 129 Å². The number of benzene rings is 2. The van der Waals surface area contributed by atoms with Crippen LogP contribution in [0.25, 0.3) is 11.1 Å². The molecule has 0 saturated carbocycles. The Hall–Kier alpha value is -3.36. The Kier molecular flexibility index (Phi) is 19.3. The van der Waals surface area contributed by atoms with Gasteiger partial charge in [0, 0.05) is 18.5 Å². The van der Waals surface area contributed by atoms with Gasteiger partial charge in [0.05, 0.1) is 92.5 Å². The molecule has 0 radical (unpaired) electrons. The summed E-state index contributed by atoms with van der Waals surface area (Å²) in [5, 5.41) is 2.73. The van der Waals surface area contributed by atoms with Gasteiger partial charge in [-0.05, 0) is 22.3 Å². The molecule has 0 aliphatic heterocycles. The van der Waals surface area contributed by atoms with E-state index in [-0.39, 0.29) is 19.1 Å². The number of hydrogen-bond acceptors (Lipinski definition) is 11. The molecule has 0 heterocycles. The molecule has 0 atom stereocenters. The Morgan fingerprint density at radius 1 is 0.565 bits per heavy atom. The van der Waals surface area contributed by atoms with Crippen molar-refractivity contribution in [1.82, 2.24) is 5.32 Å². The summed E-state index contributed by atoms with van der Waals surface area (Å²) in [5.74, 6) is -0.427. The molecule has 12 heteroatoms. The van der Waals surface area contributed by atoms with Gasteiger partial charge in [0.1, 0.15) is 13.2 Å². The molecule has 46 heavy (non-hydrogen) atoms. The summed E-state index contributed by atoms with van der Waals surface area (Å²) in [4.78, 5) is 23.1. The first-order valence-corrected chi connectivity index (χ1v) is 15.6. The molecule has 254 valence electrons. The summed E-state index contributed by atoms with van der Waals surface area (Å²) >= 11 is 0. The maximum atomic E-state index is 12.2.